The number of guanidine groups is 1. The van der Waals surface area contributed by atoms with Crippen LogP contribution < -0.4 is 11.1 Å². The van der Waals surface area contributed by atoms with Crippen molar-refractivity contribution in [3.63, 3.8) is 0 Å². The fourth-order valence-electron chi connectivity index (χ4n) is 1.66. The number of hydrogen-bond donors (Lipinski definition) is 2. The number of aliphatic imine (C=N–C) groups is 1. The highest BCUT2D eigenvalue weighted by atomic mass is 16.5. The molecule has 0 saturated carbocycles. The van der Waals surface area contributed by atoms with E-state index in [1.807, 2.05) is 0 Å². The Bertz CT molecular complexity index is 218. The zero-order valence-corrected chi connectivity index (χ0v) is 10.7. The van der Waals surface area contributed by atoms with Crippen molar-refractivity contribution in [2.24, 2.45) is 10.7 Å². The molecule has 0 unspecified atom stereocenters. The quantitative estimate of drug-likeness (QED) is 0.350. The normalized spacial score (nSPS) is 18.3. The van der Waals surface area contributed by atoms with E-state index >= 15 is 0 Å². The third kappa shape index (κ3) is 7.14. The summed E-state index contributed by atoms with van der Waals surface area (Å²) < 4.78 is 10.2. The van der Waals surface area contributed by atoms with Gasteiger partial charge in [-0.05, 0) is 6.42 Å². The molecule has 1 fully saturated rings. The lowest BCUT2D eigenvalue weighted by molar-refractivity contribution is 0.0377. The van der Waals surface area contributed by atoms with Crippen LogP contribution in [-0.4, -0.2) is 70.5 Å². The summed E-state index contributed by atoms with van der Waals surface area (Å²) in [7, 11) is 1.66. The number of nitrogens with two attached hydrogens (primary N) is 1. The predicted octanol–water partition coefficient (Wildman–Crippen LogP) is -0.741. The molecule has 1 rings (SSSR count). The van der Waals surface area contributed by atoms with Gasteiger partial charge < -0.3 is 20.5 Å². The first-order valence-electron chi connectivity index (χ1n) is 6.16. The first-order valence-corrected chi connectivity index (χ1v) is 6.16. The van der Waals surface area contributed by atoms with Crippen LogP contribution >= 0.6 is 0 Å². The zero-order valence-electron chi connectivity index (χ0n) is 10.7. The molecule has 0 spiro atoms. The second-order valence-electron chi connectivity index (χ2n) is 3.99. The monoisotopic (exact) mass is 244 g/mol. The lowest BCUT2D eigenvalue weighted by Gasteiger charge is -2.26. The smallest absolute Gasteiger partial charge is 0.188 e. The standard InChI is InChI=1S/C11H24N4O2/c1-16-8-4-14-11(12)13-3-2-5-15-6-9-17-10-7-15/h2-10H2,1H3,(H3,12,13,14). The van der Waals surface area contributed by atoms with Crippen molar-refractivity contribution in [2.45, 2.75) is 6.42 Å². The molecule has 100 valence electrons. The highest BCUT2D eigenvalue weighted by molar-refractivity contribution is 5.77. The molecule has 0 aromatic carbocycles. The largest absolute Gasteiger partial charge is 0.383 e. The SMILES string of the molecule is COCCNC(N)=NCCCN1CCOCC1. The third-order valence-electron chi connectivity index (χ3n) is 2.63. The summed E-state index contributed by atoms with van der Waals surface area (Å²) in [5, 5.41) is 2.99. The molecule has 0 bridgehead atoms. The topological polar surface area (TPSA) is 72.1 Å². The van der Waals surface area contributed by atoms with Crippen LogP contribution in [0.1, 0.15) is 6.42 Å². The van der Waals surface area contributed by atoms with Crippen molar-refractivity contribution >= 4 is 5.96 Å². The average Bonchev–Trinajstić information content (AvgIpc) is 2.36. The fraction of sp³-hybridized carbons (Fsp3) is 0.909. The van der Waals surface area contributed by atoms with Crippen molar-refractivity contribution in [3.05, 3.63) is 0 Å². The van der Waals surface area contributed by atoms with Crippen LogP contribution in [0.4, 0.5) is 0 Å². The number of morpholine rings is 1. The molecule has 1 saturated heterocycles. The summed E-state index contributed by atoms with van der Waals surface area (Å²) in [6.07, 6.45) is 1.03. The van der Waals surface area contributed by atoms with E-state index in [0.717, 1.165) is 45.8 Å². The summed E-state index contributed by atoms with van der Waals surface area (Å²) in [6, 6.07) is 0. The fourth-order valence-corrected chi connectivity index (χ4v) is 1.66. The van der Waals surface area contributed by atoms with Gasteiger partial charge in [0.25, 0.3) is 0 Å². The van der Waals surface area contributed by atoms with E-state index in [4.69, 9.17) is 15.2 Å². The maximum Gasteiger partial charge on any atom is 0.188 e. The van der Waals surface area contributed by atoms with E-state index in [1.54, 1.807) is 7.11 Å². The molecule has 0 aromatic rings. The Kier molecular flexibility index (Phi) is 7.70. The summed E-state index contributed by atoms with van der Waals surface area (Å²) in [5.41, 5.74) is 5.68. The van der Waals surface area contributed by atoms with Crippen LogP contribution in [0.25, 0.3) is 0 Å². The van der Waals surface area contributed by atoms with Gasteiger partial charge in [-0.2, -0.15) is 0 Å². The first-order chi connectivity index (χ1) is 8.33. The van der Waals surface area contributed by atoms with E-state index in [1.165, 1.54) is 0 Å². The van der Waals surface area contributed by atoms with Crippen molar-refractivity contribution in [1.82, 2.24) is 10.2 Å². The minimum absolute atomic E-state index is 0.504. The van der Waals surface area contributed by atoms with Gasteiger partial charge in [0, 0.05) is 39.8 Å². The maximum atomic E-state index is 5.68. The van der Waals surface area contributed by atoms with Crippen molar-refractivity contribution in [1.29, 1.82) is 0 Å². The summed E-state index contributed by atoms with van der Waals surface area (Å²) in [6.45, 7) is 6.95. The Morgan fingerprint density at radius 3 is 2.94 bits per heavy atom. The third-order valence-corrected chi connectivity index (χ3v) is 2.63. The Morgan fingerprint density at radius 2 is 2.24 bits per heavy atom. The predicted molar refractivity (Wildman–Crippen MR) is 68.2 cm³/mol. The van der Waals surface area contributed by atoms with Gasteiger partial charge in [0.1, 0.15) is 0 Å². The Labute approximate surface area is 103 Å². The molecule has 0 amide bonds. The van der Waals surface area contributed by atoms with E-state index in [9.17, 15) is 0 Å². The summed E-state index contributed by atoms with van der Waals surface area (Å²) >= 11 is 0. The van der Waals surface area contributed by atoms with Gasteiger partial charge in [-0.15, -0.1) is 0 Å². The molecular formula is C11H24N4O2. The molecule has 1 aliphatic rings. The van der Waals surface area contributed by atoms with Crippen molar-refractivity contribution in [2.75, 3.05) is 59.7 Å². The molecule has 0 aromatic heterocycles. The maximum absolute atomic E-state index is 5.68. The minimum Gasteiger partial charge on any atom is -0.383 e. The van der Waals surface area contributed by atoms with Crippen LogP contribution in [0.2, 0.25) is 0 Å². The molecule has 0 aliphatic carbocycles. The van der Waals surface area contributed by atoms with Crippen LogP contribution in [0, 0.1) is 0 Å². The van der Waals surface area contributed by atoms with Gasteiger partial charge >= 0.3 is 0 Å². The summed E-state index contributed by atoms with van der Waals surface area (Å²) in [5.74, 6) is 0.504. The molecule has 3 N–H and O–H groups in total. The van der Waals surface area contributed by atoms with Crippen molar-refractivity contribution < 1.29 is 9.47 Å². The number of ether oxygens (including phenoxy) is 2. The molecule has 1 heterocycles. The number of nitrogens with one attached hydrogen (secondary N) is 1. The van der Waals surface area contributed by atoms with Gasteiger partial charge in [-0.1, -0.05) is 0 Å². The lowest BCUT2D eigenvalue weighted by atomic mass is 10.3. The minimum atomic E-state index is 0.504. The second-order valence-corrected chi connectivity index (χ2v) is 3.99. The van der Waals surface area contributed by atoms with E-state index in [-0.39, 0.29) is 0 Å². The van der Waals surface area contributed by atoms with Crippen LogP contribution in [-0.2, 0) is 9.47 Å². The van der Waals surface area contributed by atoms with E-state index in [0.29, 0.717) is 19.1 Å². The highest BCUT2D eigenvalue weighted by Gasteiger charge is 2.08. The number of hydrogen-bond acceptors (Lipinski definition) is 4. The van der Waals surface area contributed by atoms with Crippen LogP contribution in [0.15, 0.2) is 4.99 Å². The van der Waals surface area contributed by atoms with Gasteiger partial charge in [0.2, 0.25) is 0 Å². The molecule has 0 radical (unpaired) electrons. The van der Waals surface area contributed by atoms with Crippen LogP contribution in [0.5, 0.6) is 0 Å². The number of methoxy groups -OCH3 is 1. The Balaban J connectivity index is 1.99. The average molecular weight is 244 g/mol. The lowest BCUT2D eigenvalue weighted by Crippen LogP contribution is -2.37. The molecule has 6 nitrogen and oxygen atoms in total. The zero-order chi connectivity index (χ0) is 12.3. The second kappa shape index (κ2) is 9.21. The summed E-state index contributed by atoms with van der Waals surface area (Å²) in [4.78, 5) is 6.65. The van der Waals surface area contributed by atoms with Gasteiger partial charge in [0.15, 0.2) is 5.96 Å². The Morgan fingerprint density at radius 1 is 1.47 bits per heavy atom. The number of nitrogens with zero attached hydrogens (tertiary/aromatic N) is 2. The molecular weight excluding hydrogens is 220 g/mol. The molecule has 6 heteroatoms. The Hall–Kier alpha value is -0.850. The highest BCUT2D eigenvalue weighted by Crippen LogP contribution is 1.97. The van der Waals surface area contributed by atoms with E-state index in [2.05, 4.69) is 15.2 Å². The number of rotatable bonds is 7. The molecule has 1 aliphatic heterocycles. The van der Waals surface area contributed by atoms with Gasteiger partial charge in [-0.25, -0.2) is 0 Å². The molecule has 0 atom stereocenters. The molecule has 17 heavy (non-hydrogen) atoms. The first kappa shape index (κ1) is 14.2. The van der Waals surface area contributed by atoms with Crippen LogP contribution in [0.3, 0.4) is 0 Å². The van der Waals surface area contributed by atoms with E-state index < -0.39 is 0 Å². The van der Waals surface area contributed by atoms with Gasteiger partial charge in [0.05, 0.1) is 19.8 Å². The van der Waals surface area contributed by atoms with Gasteiger partial charge in [-0.3, -0.25) is 9.89 Å². The van der Waals surface area contributed by atoms with Crippen molar-refractivity contribution in [3.8, 4) is 0 Å².